The Balaban J connectivity index is 1.75. The molecule has 3 aromatic rings. The fourth-order valence-corrected chi connectivity index (χ4v) is 3.82. The lowest BCUT2D eigenvalue weighted by molar-refractivity contribution is 0.0991. The van der Waals surface area contributed by atoms with Crippen molar-refractivity contribution in [2.75, 3.05) is 0 Å². The Bertz CT molecular complexity index is 983. The molecule has 150 valence electrons. The lowest BCUT2D eigenvalue weighted by Gasteiger charge is -2.34. The van der Waals surface area contributed by atoms with Crippen molar-refractivity contribution < 1.29 is 9.47 Å². The number of unbranched alkanes of at least 4 members (excludes halogenated alkanes) is 2. The van der Waals surface area contributed by atoms with Gasteiger partial charge in [-0.25, -0.2) is 0 Å². The molecule has 0 spiro atoms. The Hall–Kier alpha value is -2.88. The van der Waals surface area contributed by atoms with Gasteiger partial charge in [0.25, 0.3) is 0 Å². The second-order valence-corrected chi connectivity index (χ2v) is 8.06. The Kier molecular flexibility index (Phi) is 5.52. The van der Waals surface area contributed by atoms with Crippen molar-refractivity contribution in [2.45, 2.75) is 58.7 Å². The van der Waals surface area contributed by atoms with Crippen molar-refractivity contribution in [3.8, 4) is 22.8 Å². The third-order valence-corrected chi connectivity index (χ3v) is 5.30. The molecule has 0 unspecified atom stereocenters. The minimum absolute atomic E-state index is 0.505. The first-order valence-corrected chi connectivity index (χ1v) is 10.4. The van der Waals surface area contributed by atoms with Crippen molar-refractivity contribution in [3.05, 3.63) is 71.7 Å². The summed E-state index contributed by atoms with van der Waals surface area (Å²) < 4.78 is 12.7. The van der Waals surface area contributed by atoms with E-state index in [0.717, 1.165) is 46.9 Å². The third-order valence-electron chi connectivity index (χ3n) is 5.30. The molecule has 0 N–H and O–H groups in total. The smallest absolute Gasteiger partial charge is 0.147 e. The molecule has 0 radical (unpaired) electrons. The molecular weight excluding hydrogens is 360 g/mol. The van der Waals surface area contributed by atoms with Crippen LogP contribution in [0.25, 0.3) is 11.3 Å². The highest BCUT2D eigenvalue weighted by Gasteiger charge is 2.37. The van der Waals surface area contributed by atoms with Crippen LogP contribution in [0.1, 0.15) is 56.9 Å². The van der Waals surface area contributed by atoms with Gasteiger partial charge >= 0.3 is 0 Å². The normalized spacial score (nSPS) is 13.9. The van der Waals surface area contributed by atoms with Gasteiger partial charge in [-0.2, -0.15) is 0 Å². The number of aromatic nitrogens is 2. The summed E-state index contributed by atoms with van der Waals surface area (Å²) in [5, 5.41) is 0. The number of rotatable bonds is 7. The zero-order valence-corrected chi connectivity index (χ0v) is 17.4. The Morgan fingerprint density at radius 2 is 1.76 bits per heavy atom. The molecule has 2 heterocycles. The number of ether oxygens (including phenoxy) is 2. The van der Waals surface area contributed by atoms with Crippen LogP contribution in [-0.2, 0) is 18.6 Å². The molecule has 0 aliphatic carbocycles. The van der Waals surface area contributed by atoms with Crippen molar-refractivity contribution >= 4 is 0 Å². The van der Waals surface area contributed by atoms with E-state index >= 15 is 0 Å². The number of hydrogen-bond acceptors (Lipinski definition) is 4. The summed E-state index contributed by atoms with van der Waals surface area (Å²) in [7, 11) is 0. The van der Waals surface area contributed by atoms with E-state index in [1.165, 1.54) is 18.4 Å². The average molecular weight is 389 g/mol. The second kappa shape index (κ2) is 8.24. The lowest BCUT2D eigenvalue weighted by atomic mass is 9.92. The van der Waals surface area contributed by atoms with Crippen molar-refractivity contribution in [1.82, 2.24) is 9.97 Å². The number of hydrogen-bond donors (Lipinski definition) is 0. The highest BCUT2D eigenvalue weighted by atomic mass is 16.5. The summed E-state index contributed by atoms with van der Waals surface area (Å²) in [6.07, 6.45) is 8.05. The number of nitrogens with zero attached hydrogens (tertiary/aromatic N) is 2. The van der Waals surface area contributed by atoms with Crippen LogP contribution in [0.3, 0.4) is 0 Å². The van der Waals surface area contributed by atoms with Gasteiger partial charge in [0.05, 0.1) is 5.56 Å². The lowest BCUT2D eigenvalue weighted by Crippen LogP contribution is -2.31. The first kappa shape index (κ1) is 19.4. The predicted molar refractivity (Wildman–Crippen MR) is 115 cm³/mol. The minimum Gasteiger partial charge on any atom is -0.488 e. The molecule has 1 aliphatic heterocycles. The summed E-state index contributed by atoms with van der Waals surface area (Å²) >= 11 is 0. The average Bonchev–Trinajstić information content (AvgIpc) is 2.72. The molecule has 2 aromatic carbocycles. The van der Waals surface area contributed by atoms with E-state index in [2.05, 4.69) is 41.2 Å². The van der Waals surface area contributed by atoms with E-state index in [4.69, 9.17) is 9.47 Å². The molecule has 0 atom stereocenters. The molecule has 0 saturated carbocycles. The molecule has 1 aliphatic rings. The van der Waals surface area contributed by atoms with Gasteiger partial charge in [0, 0.05) is 12.4 Å². The number of benzene rings is 2. The van der Waals surface area contributed by atoms with Gasteiger partial charge in [0.1, 0.15) is 35.1 Å². The Morgan fingerprint density at radius 3 is 2.55 bits per heavy atom. The van der Waals surface area contributed by atoms with Gasteiger partial charge in [-0.15, -0.1) is 0 Å². The molecule has 0 fully saturated rings. The number of aryl methyl sites for hydroxylation is 1. The summed E-state index contributed by atoms with van der Waals surface area (Å²) in [6.45, 7) is 6.81. The van der Waals surface area contributed by atoms with E-state index in [1.807, 2.05) is 32.0 Å². The zero-order valence-electron chi connectivity index (χ0n) is 17.4. The van der Waals surface area contributed by atoms with Gasteiger partial charge in [0.15, 0.2) is 0 Å². The predicted octanol–water partition coefficient (Wildman–Crippen LogP) is 6.08. The molecule has 4 heteroatoms. The van der Waals surface area contributed by atoms with E-state index in [1.54, 1.807) is 12.4 Å². The maximum Gasteiger partial charge on any atom is 0.147 e. The topological polar surface area (TPSA) is 44.2 Å². The fourth-order valence-electron chi connectivity index (χ4n) is 3.82. The minimum atomic E-state index is -0.532. The molecular formula is C25H28N2O2. The largest absolute Gasteiger partial charge is 0.488 e. The van der Waals surface area contributed by atoms with Crippen LogP contribution in [0, 0.1) is 0 Å². The van der Waals surface area contributed by atoms with Crippen LogP contribution in [0.4, 0.5) is 0 Å². The van der Waals surface area contributed by atoms with Gasteiger partial charge in [-0.05, 0) is 49.9 Å². The van der Waals surface area contributed by atoms with E-state index in [0.29, 0.717) is 6.61 Å². The zero-order chi connectivity index (χ0) is 20.3. The van der Waals surface area contributed by atoms with Crippen LogP contribution >= 0.6 is 0 Å². The van der Waals surface area contributed by atoms with Crippen molar-refractivity contribution in [3.63, 3.8) is 0 Å². The van der Waals surface area contributed by atoms with Crippen molar-refractivity contribution in [2.24, 2.45) is 0 Å². The van der Waals surface area contributed by atoms with Gasteiger partial charge < -0.3 is 9.47 Å². The van der Waals surface area contributed by atoms with Gasteiger partial charge in [-0.1, -0.05) is 50.1 Å². The van der Waals surface area contributed by atoms with Crippen LogP contribution in [0.15, 0.2) is 54.9 Å². The Labute approximate surface area is 172 Å². The molecule has 0 bridgehead atoms. The van der Waals surface area contributed by atoms with Gasteiger partial charge in [0.2, 0.25) is 0 Å². The maximum atomic E-state index is 6.40. The number of fused-ring (bicyclic) bond motifs is 3. The first-order valence-electron chi connectivity index (χ1n) is 10.4. The first-order chi connectivity index (χ1) is 14.1. The summed E-state index contributed by atoms with van der Waals surface area (Å²) in [5.74, 6) is 1.65. The highest BCUT2D eigenvalue weighted by molar-refractivity contribution is 5.78. The molecule has 0 saturated heterocycles. The standard InChI is InChI=1S/C25H28N2O2/c1-4-5-7-12-19-15-20(28-17-18-10-8-6-9-11-18)22-21(16-19)29-25(2,3)24-23(22)26-13-14-27-24/h6,8-11,13-16H,4-5,7,12,17H2,1-3H3. The van der Waals surface area contributed by atoms with E-state index in [-0.39, 0.29) is 0 Å². The highest BCUT2D eigenvalue weighted by Crippen LogP contribution is 2.48. The van der Waals surface area contributed by atoms with Crippen LogP contribution in [0.2, 0.25) is 0 Å². The second-order valence-electron chi connectivity index (χ2n) is 8.06. The maximum absolute atomic E-state index is 6.40. The molecule has 0 amide bonds. The van der Waals surface area contributed by atoms with E-state index < -0.39 is 5.60 Å². The van der Waals surface area contributed by atoms with Crippen molar-refractivity contribution in [1.29, 1.82) is 0 Å². The summed E-state index contributed by atoms with van der Waals surface area (Å²) in [6, 6.07) is 14.5. The SMILES string of the molecule is CCCCCc1cc(OCc2ccccc2)c2c(c1)OC(C)(C)c1nccnc1-2. The summed E-state index contributed by atoms with van der Waals surface area (Å²) in [4.78, 5) is 9.22. The molecule has 1 aromatic heterocycles. The van der Waals surface area contributed by atoms with Crippen LogP contribution in [0.5, 0.6) is 11.5 Å². The Morgan fingerprint density at radius 1 is 0.966 bits per heavy atom. The van der Waals surface area contributed by atoms with Crippen LogP contribution in [-0.4, -0.2) is 9.97 Å². The molecule has 4 rings (SSSR count). The fraction of sp³-hybridized carbons (Fsp3) is 0.360. The quantitative estimate of drug-likeness (QED) is 0.460. The van der Waals surface area contributed by atoms with E-state index in [9.17, 15) is 0 Å². The summed E-state index contributed by atoms with van der Waals surface area (Å²) in [5.41, 5.74) is 4.44. The molecule has 29 heavy (non-hydrogen) atoms. The van der Waals surface area contributed by atoms with Gasteiger partial charge in [-0.3, -0.25) is 9.97 Å². The third kappa shape index (κ3) is 4.12. The van der Waals surface area contributed by atoms with Crippen LogP contribution < -0.4 is 9.47 Å². The monoisotopic (exact) mass is 388 g/mol. The molecule has 4 nitrogen and oxygen atoms in total.